The van der Waals surface area contributed by atoms with Gasteiger partial charge in [-0.05, 0) is 12.1 Å². The lowest BCUT2D eigenvalue weighted by molar-refractivity contribution is 0.177. The van der Waals surface area contributed by atoms with Gasteiger partial charge in [0.1, 0.15) is 18.2 Å². The topological polar surface area (TPSA) is 76.0 Å². The minimum Gasteiger partial charge on any atom is -0.377 e. The SMILES string of the molecule is COCc1nc(N2CCc3c(cnn3-c3ccccc3)C2)cc(=O)[nH]1. The molecule has 0 radical (unpaired) electrons. The third-order valence-corrected chi connectivity index (χ3v) is 4.32. The lowest BCUT2D eigenvalue weighted by atomic mass is 10.1. The predicted molar refractivity (Wildman–Crippen MR) is 93.9 cm³/mol. The maximum absolute atomic E-state index is 11.9. The summed E-state index contributed by atoms with van der Waals surface area (Å²) >= 11 is 0. The minimum atomic E-state index is -0.164. The van der Waals surface area contributed by atoms with E-state index in [2.05, 4.69) is 32.1 Å². The molecule has 7 heteroatoms. The Morgan fingerprint density at radius 2 is 2.12 bits per heavy atom. The van der Waals surface area contributed by atoms with Crippen molar-refractivity contribution < 1.29 is 4.74 Å². The van der Waals surface area contributed by atoms with Crippen molar-refractivity contribution >= 4 is 5.82 Å². The van der Waals surface area contributed by atoms with Gasteiger partial charge in [0.2, 0.25) is 0 Å². The van der Waals surface area contributed by atoms with Crippen LogP contribution in [0.3, 0.4) is 0 Å². The van der Waals surface area contributed by atoms with Crippen LogP contribution < -0.4 is 10.5 Å². The molecule has 1 aliphatic rings. The number of hydrogen-bond donors (Lipinski definition) is 1. The molecular formula is C18H19N5O2. The summed E-state index contributed by atoms with van der Waals surface area (Å²) in [6.07, 6.45) is 2.75. The fourth-order valence-electron chi connectivity index (χ4n) is 3.18. The molecule has 7 nitrogen and oxygen atoms in total. The van der Waals surface area contributed by atoms with E-state index >= 15 is 0 Å². The Bertz CT molecular complexity index is 932. The van der Waals surface area contributed by atoms with E-state index in [9.17, 15) is 4.79 Å². The second-order valence-electron chi connectivity index (χ2n) is 6.02. The summed E-state index contributed by atoms with van der Waals surface area (Å²) in [7, 11) is 1.58. The normalized spacial score (nSPS) is 13.7. The van der Waals surface area contributed by atoms with Gasteiger partial charge in [-0.15, -0.1) is 0 Å². The Kier molecular flexibility index (Phi) is 4.07. The molecular weight excluding hydrogens is 318 g/mol. The quantitative estimate of drug-likeness (QED) is 0.784. The zero-order chi connectivity index (χ0) is 17.2. The molecule has 25 heavy (non-hydrogen) atoms. The van der Waals surface area contributed by atoms with E-state index in [0.29, 0.717) is 18.2 Å². The molecule has 0 aliphatic carbocycles. The van der Waals surface area contributed by atoms with Crippen molar-refractivity contribution in [2.24, 2.45) is 0 Å². The Labute approximate surface area is 144 Å². The van der Waals surface area contributed by atoms with Crippen LogP contribution in [-0.2, 0) is 24.3 Å². The number of anilines is 1. The average molecular weight is 337 g/mol. The summed E-state index contributed by atoms with van der Waals surface area (Å²) in [5.74, 6) is 1.21. The van der Waals surface area contributed by atoms with Gasteiger partial charge in [-0.1, -0.05) is 18.2 Å². The molecule has 0 fully saturated rings. The van der Waals surface area contributed by atoms with E-state index in [4.69, 9.17) is 4.74 Å². The zero-order valence-electron chi connectivity index (χ0n) is 14.0. The molecule has 1 aromatic carbocycles. The molecule has 128 valence electrons. The first-order chi connectivity index (χ1) is 12.2. The Morgan fingerprint density at radius 1 is 1.28 bits per heavy atom. The number of hydrogen-bond acceptors (Lipinski definition) is 5. The van der Waals surface area contributed by atoms with Crippen molar-refractivity contribution in [3.8, 4) is 5.69 Å². The number of H-pyrrole nitrogens is 1. The first-order valence-electron chi connectivity index (χ1n) is 8.20. The van der Waals surface area contributed by atoms with Crippen LogP contribution in [0.4, 0.5) is 5.82 Å². The van der Waals surface area contributed by atoms with Crippen LogP contribution in [0.5, 0.6) is 0 Å². The lowest BCUT2D eigenvalue weighted by Crippen LogP contribution is -2.32. The first-order valence-corrected chi connectivity index (χ1v) is 8.20. The van der Waals surface area contributed by atoms with Crippen molar-refractivity contribution in [3.05, 3.63) is 70.0 Å². The van der Waals surface area contributed by atoms with Crippen LogP contribution >= 0.6 is 0 Å². The molecule has 1 aliphatic heterocycles. The molecule has 0 amide bonds. The molecule has 0 atom stereocenters. The number of nitrogens with one attached hydrogen (secondary N) is 1. The van der Waals surface area contributed by atoms with Crippen molar-refractivity contribution in [2.45, 2.75) is 19.6 Å². The van der Waals surface area contributed by atoms with Gasteiger partial charge < -0.3 is 14.6 Å². The third kappa shape index (κ3) is 3.06. The number of benzene rings is 1. The molecule has 0 spiro atoms. The van der Waals surface area contributed by atoms with E-state index in [0.717, 1.165) is 24.2 Å². The fraction of sp³-hybridized carbons (Fsp3) is 0.278. The maximum Gasteiger partial charge on any atom is 0.253 e. The zero-order valence-corrected chi connectivity index (χ0v) is 14.0. The molecule has 2 aromatic heterocycles. The summed E-state index contributed by atoms with van der Waals surface area (Å²) in [5.41, 5.74) is 3.27. The highest BCUT2D eigenvalue weighted by molar-refractivity contribution is 5.44. The highest BCUT2D eigenvalue weighted by atomic mass is 16.5. The number of aromatic amines is 1. The molecule has 3 aromatic rings. The fourth-order valence-corrected chi connectivity index (χ4v) is 3.18. The highest BCUT2D eigenvalue weighted by Gasteiger charge is 2.22. The summed E-state index contributed by atoms with van der Waals surface area (Å²) in [4.78, 5) is 21.2. The van der Waals surface area contributed by atoms with Gasteiger partial charge in [-0.3, -0.25) is 4.79 Å². The van der Waals surface area contributed by atoms with Gasteiger partial charge in [0, 0.05) is 38.2 Å². The minimum absolute atomic E-state index is 0.164. The number of ether oxygens (including phenoxy) is 1. The van der Waals surface area contributed by atoms with E-state index in [-0.39, 0.29) is 12.2 Å². The average Bonchev–Trinajstić information content (AvgIpc) is 3.05. The number of fused-ring (bicyclic) bond motifs is 1. The molecule has 0 bridgehead atoms. The number of para-hydroxylation sites is 1. The van der Waals surface area contributed by atoms with E-state index in [1.807, 2.05) is 29.1 Å². The van der Waals surface area contributed by atoms with Crippen LogP contribution in [0.1, 0.15) is 17.1 Å². The summed E-state index contributed by atoms with van der Waals surface area (Å²) < 4.78 is 7.06. The molecule has 0 saturated heterocycles. The van der Waals surface area contributed by atoms with Gasteiger partial charge in [-0.25, -0.2) is 9.67 Å². The Morgan fingerprint density at radius 3 is 2.92 bits per heavy atom. The van der Waals surface area contributed by atoms with Crippen LogP contribution in [0.25, 0.3) is 5.69 Å². The summed E-state index contributed by atoms with van der Waals surface area (Å²) in [6.45, 7) is 1.76. The molecule has 0 saturated carbocycles. The van der Waals surface area contributed by atoms with E-state index in [1.54, 1.807) is 7.11 Å². The van der Waals surface area contributed by atoms with Crippen LogP contribution in [0.15, 0.2) is 47.4 Å². The van der Waals surface area contributed by atoms with Gasteiger partial charge in [0.15, 0.2) is 0 Å². The van der Waals surface area contributed by atoms with E-state index in [1.165, 1.54) is 11.8 Å². The van der Waals surface area contributed by atoms with Crippen molar-refractivity contribution in [2.75, 3.05) is 18.6 Å². The molecule has 3 heterocycles. The third-order valence-electron chi connectivity index (χ3n) is 4.32. The highest BCUT2D eigenvalue weighted by Crippen LogP contribution is 2.24. The monoisotopic (exact) mass is 337 g/mol. The van der Waals surface area contributed by atoms with E-state index < -0.39 is 0 Å². The van der Waals surface area contributed by atoms with Gasteiger partial charge in [-0.2, -0.15) is 5.10 Å². The van der Waals surface area contributed by atoms with Crippen LogP contribution in [0.2, 0.25) is 0 Å². The van der Waals surface area contributed by atoms with Crippen LogP contribution in [-0.4, -0.2) is 33.4 Å². The first kappa shape index (κ1) is 15.6. The van der Waals surface area contributed by atoms with Crippen molar-refractivity contribution in [1.29, 1.82) is 0 Å². The smallest absolute Gasteiger partial charge is 0.253 e. The second-order valence-corrected chi connectivity index (χ2v) is 6.02. The van der Waals surface area contributed by atoms with Crippen LogP contribution in [0, 0.1) is 0 Å². The standard InChI is InChI=1S/C18H19N5O2/c1-25-12-16-20-17(9-18(24)21-16)22-8-7-15-13(11-22)10-19-23(15)14-5-3-2-4-6-14/h2-6,9-10H,7-8,11-12H2,1H3,(H,20,21,24). The van der Waals surface area contributed by atoms with Crippen molar-refractivity contribution in [1.82, 2.24) is 19.7 Å². The number of methoxy groups -OCH3 is 1. The lowest BCUT2D eigenvalue weighted by Gasteiger charge is -2.28. The molecule has 1 N–H and O–H groups in total. The van der Waals surface area contributed by atoms with Crippen molar-refractivity contribution in [3.63, 3.8) is 0 Å². The summed E-state index contributed by atoms with van der Waals surface area (Å²) in [5, 5.41) is 4.54. The number of rotatable bonds is 4. The molecule has 4 rings (SSSR count). The predicted octanol–water partition coefficient (Wildman–Crippen LogP) is 1.66. The Hall–Kier alpha value is -2.93. The Balaban J connectivity index is 1.62. The van der Waals surface area contributed by atoms with Gasteiger partial charge >= 0.3 is 0 Å². The largest absolute Gasteiger partial charge is 0.377 e. The number of aromatic nitrogens is 4. The molecule has 0 unspecified atom stereocenters. The number of nitrogens with zero attached hydrogens (tertiary/aromatic N) is 4. The maximum atomic E-state index is 11.9. The van der Waals surface area contributed by atoms with Gasteiger partial charge in [0.25, 0.3) is 5.56 Å². The van der Waals surface area contributed by atoms with Gasteiger partial charge in [0.05, 0.1) is 17.6 Å². The second kappa shape index (κ2) is 6.52. The summed E-state index contributed by atoms with van der Waals surface area (Å²) in [6, 6.07) is 11.7.